The lowest BCUT2D eigenvalue weighted by Crippen LogP contribution is -2.55. The molecule has 4 aliphatic carbocycles. The van der Waals surface area contributed by atoms with Crippen molar-refractivity contribution in [2.45, 2.75) is 62.6 Å². The van der Waals surface area contributed by atoms with Crippen LogP contribution in [0.15, 0.2) is 23.1 Å². The number of rotatable bonds is 4. The molecule has 4 fully saturated rings. The van der Waals surface area contributed by atoms with Gasteiger partial charge in [0.05, 0.1) is 10.5 Å². The fraction of sp³-hybridized carbons (Fsp3) is 0.684. The van der Waals surface area contributed by atoms with E-state index in [0.717, 1.165) is 25.3 Å². The smallest absolute Gasteiger partial charge is 0.208 e. The van der Waals surface area contributed by atoms with E-state index in [-0.39, 0.29) is 10.4 Å². The molecule has 0 amide bonds. The van der Waals surface area contributed by atoms with E-state index >= 15 is 0 Å². The third-order valence-corrected chi connectivity index (χ3v) is 8.71. The fourth-order valence-electron chi connectivity index (χ4n) is 6.09. The maximum absolute atomic E-state index is 13.4. The highest BCUT2D eigenvalue weighted by Crippen LogP contribution is 2.61. The summed E-state index contributed by atoms with van der Waals surface area (Å²) in [7, 11) is -4.31. The van der Waals surface area contributed by atoms with E-state index < -0.39 is 32.7 Å². The lowest BCUT2D eigenvalue weighted by molar-refractivity contribution is -0.139. The summed E-state index contributed by atoms with van der Waals surface area (Å²) in [6.45, 7) is 1.81. The van der Waals surface area contributed by atoms with E-state index in [1.807, 2.05) is 6.92 Å². The number of benzene rings is 1. The first-order chi connectivity index (χ1) is 12.5. The maximum atomic E-state index is 13.4. The second-order valence-electron chi connectivity index (χ2n) is 8.76. The van der Waals surface area contributed by atoms with E-state index in [9.17, 15) is 21.6 Å². The Hall–Kier alpha value is -0.790. The molecule has 0 spiro atoms. The van der Waals surface area contributed by atoms with Gasteiger partial charge in [0.1, 0.15) is 0 Å². The lowest BCUT2D eigenvalue weighted by atomic mass is 9.48. The molecule has 1 atom stereocenters. The van der Waals surface area contributed by atoms with Crippen molar-refractivity contribution in [3.8, 4) is 0 Å². The van der Waals surface area contributed by atoms with Gasteiger partial charge in [0.2, 0.25) is 10.0 Å². The standard InChI is InChI=1S/C19H23ClF3NO2S/c1-11(18-8-12-4-13(9-18)6-14(5-12)10-18)24-27(25,26)17-3-2-15(20)7-16(17)19(21,22)23/h2-3,7,11-14,24H,4-6,8-10H2,1H3/t11-,12?,13?,14?,18?/m1/s1. The van der Waals surface area contributed by atoms with Gasteiger partial charge in [-0.05, 0) is 86.8 Å². The topological polar surface area (TPSA) is 46.2 Å². The van der Waals surface area contributed by atoms with Gasteiger partial charge >= 0.3 is 6.18 Å². The van der Waals surface area contributed by atoms with Gasteiger partial charge in [-0.3, -0.25) is 0 Å². The zero-order chi connectivity index (χ0) is 19.6. The predicted octanol–water partition coefficient (Wildman–Crippen LogP) is 5.24. The van der Waals surface area contributed by atoms with Crippen molar-refractivity contribution in [2.75, 3.05) is 0 Å². The van der Waals surface area contributed by atoms with Crippen LogP contribution in [-0.2, 0) is 16.2 Å². The number of alkyl halides is 3. The second-order valence-corrected chi connectivity index (χ2v) is 10.9. The van der Waals surface area contributed by atoms with Gasteiger partial charge in [-0.15, -0.1) is 0 Å². The average Bonchev–Trinajstić information content (AvgIpc) is 2.52. The highest BCUT2D eigenvalue weighted by molar-refractivity contribution is 7.89. The summed E-state index contributed by atoms with van der Waals surface area (Å²) in [5.74, 6) is 1.89. The summed E-state index contributed by atoms with van der Waals surface area (Å²) in [6, 6.07) is 2.40. The molecule has 0 aliphatic heterocycles. The van der Waals surface area contributed by atoms with Crippen LogP contribution in [0, 0.1) is 23.2 Å². The van der Waals surface area contributed by atoms with Gasteiger partial charge in [-0.1, -0.05) is 11.6 Å². The molecule has 0 aromatic heterocycles. The number of nitrogens with one attached hydrogen (secondary N) is 1. The second kappa shape index (κ2) is 6.36. The minimum absolute atomic E-state index is 0.132. The zero-order valence-corrected chi connectivity index (χ0v) is 16.6. The van der Waals surface area contributed by atoms with Gasteiger partial charge in [-0.25, -0.2) is 13.1 Å². The predicted molar refractivity (Wildman–Crippen MR) is 96.8 cm³/mol. The number of halogens is 4. The van der Waals surface area contributed by atoms with Gasteiger partial charge in [-0.2, -0.15) is 13.2 Å². The van der Waals surface area contributed by atoms with Crippen LogP contribution in [0.4, 0.5) is 13.2 Å². The average molecular weight is 422 g/mol. The van der Waals surface area contributed by atoms with E-state index in [2.05, 4.69) is 4.72 Å². The van der Waals surface area contributed by atoms with E-state index in [0.29, 0.717) is 23.8 Å². The van der Waals surface area contributed by atoms with Gasteiger partial charge < -0.3 is 0 Å². The Morgan fingerprint density at radius 3 is 2.11 bits per heavy atom. The van der Waals surface area contributed by atoms with Crippen molar-refractivity contribution in [1.82, 2.24) is 4.72 Å². The van der Waals surface area contributed by atoms with Crippen molar-refractivity contribution in [3.05, 3.63) is 28.8 Å². The summed E-state index contributed by atoms with van der Waals surface area (Å²) in [5, 5.41) is -0.143. The maximum Gasteiger partial charge on any atom is 0.417 e. The van der Waals surface area contributed by atoms with Gasteiger partial charge in [0.25, 0.3) is 0 Å². The molecule has 150 valence electrons. The highest BCUT2D eigenvalue weighted by Gasteiger charge is 2.54. The summed E-state index contributed by atoms with van der Waals surface area (Å²) < 4.78 is 68.4. The van der Waals surface area contributed by atoms with Crippen molar-refractivity contribution in [2.24, 2.45) is 23.2 Å². The fourth-order valence-corrected chi connectivity index (χ4v) is 7.81. The van der Waals surface area contributed by atoms with Crippen molar-refractivity contribution in [3.63, 3.8) is 0 Å². The SMILES string of the molecule is C[C@@H](NS(=O)(=O)c1ccc(Cl)cc1C(F)(F)F)C12CC3CC(CC(C3)C1)C2. The third-order valence-electron chi connectivity index (χ3n) is 6.87. The molecule has 4 bridgehead atoms. The Morgan fingerprint density at radius 1 is 1.11 bits per heavy atom. The highest BCUT2D eigenvalue weighted by atomic mass is 35.5. The Labute approximate surface area is 162 Å². The molecule has 4 aliphatic rings. The van der Waals surface area contributed by atoms with Crippen LogP contribution in [0.25, 0.3) is 0 Å². The van der Waals surface area contributed by atoms with Crippen LogP contribution < -0.4 is 4.72 Å². The van der Waals surface area contributed by atoms with Crippen LogP contribution in [0.1, 0.15) is 51.0 Å². The largest absolute Gasteiger partial charge is 0.417 e. The molecule has 0 radical (unpaired) electrons. The molecule has 0 heterocycles. The van der Waals surface area contributed by atoms with E-state index in [4.69, 9.17) is 11.6 Å². The van der Waals surface area contributed by atoms with E-state index in [1.54, 1.807) is 0 Å². The normalized spacial score (nSPS) is 34.0. The van der Waals surface area contributed by atoms with Crippen LogP contribution in [0.3, 0.4) is 0 Å². The number of sulfonamides is 1. The monoisotopic (exact) mass is 421 g/mol. The summed E-state index contributed by atoms with van der Waals surface area (Å²) in [5.41, 5.74) is -1.35. The van der Waals surface area contributed by atoms with Crippen LogP contribution in [0.5, 0.6) is 0 Å². The molecule has 4 saturated carbocycles. The van der Waals surface area contributed by atoms with Crippen LogP contribution in [-0.4, -0.2) is 14.5 Å². The first-order valence-electron chi connectivity index (χ1n) is 9.38. The van der Waals surface area contributed by atoms with Crippen molar-refractivity contribution < 1.29 is 21.6 Å². The van der Waals surface area contributed by atoms with Gasteiger partial charge in [0, 0.05) is 11.1 Å². The number of hydrogen-bond acceptors (Lipinski definition) is 2. The first-order valence-corrected chi connectivity index (χ1v) is 11.2. The number of hydrogen-bond donors (Lipinski definition) is 1. The van der Waals surface area contributed by atoms with Crippen molar-refractivity contribution in [1.29, 1.82) is 0 Å². The quantitative estimate of drug-likeness (QED) is 0.722. The minimum Gasteiger partial charge on any atom is -0.208 e. The molecule has 0 unspecified atom stereocenters. The zero-order valence-electron chi connectivity index (χ0n) is 15.0. The molecule has 3 nitrogen and oxygen atoms in total. The third kappa shape index (κ3) is 3.51. The molecule has 8 heteroatoms. The van der Waals surface area contributed by atoms with Crippen molar-refractivity contribution >= 4 is 21.6 Å². The Morgan fingerprint density at radius 2 is 1.63 bits per heavy atom. The van der Waals surface area contributed by atoms with Crippen LogP contribution >= 0.6 is 11.6 Å². The van der Waals surface area contributed by atoms with Crippen LogP contribution in [0.2, 0.25) is 5.02 Å². The minimum atomic E-state index is -4.79. The molecular formula is C19H23ClF3NO2S. The molecular weight excluding hydrogens is 399 g/mol. The summed E-state index contributed by atoms with van der Waals surface area (Å²) >= 11 is 5.67. The molecule has 1 aromatic carbocycles. The first kappa shape index (κ1) is 19.5. The molecule has 27 heavy (non-hydrogen) atoms. The van der Waals surface area contributed by atoms with Gasteiger partial charge in [0.15, 0.2) is 0 Å². The summed E-state index contributed by atoms with van der Waals surface area (Å²) in [6.07, 6.45) is 1.76. The molecule has 1 aromatic rings. The summed E-state index contributed by atoms with van der Waals surface area (Å²) in [4.78, 5) is -0.754. The Bertz CT molecular complexity index is 818. The molecule has 5 rings (SSSR count). The van der Waals surface area contributed by atoms with E-state index in [1.165, 1.54) is 25.3 Å². The lowest BCUT2D eigenvalue weighted by Gasteiger charge is -2.59. The molecule has 1 N–H and O–H groups in total. The molecule has 0 saturated heterocycles. The Balaban J connectivity index is 1.63. The Kier molecular flexibility index (Phi) is 4.60.